The molecule has 0 aliphatic carbocycles. The Labute approximate surface area is 280 Å². The summed E-state index contributed by atoms with van der Waals surface area (Å²) in [5.41, 5.74) is 9.74. The van der Waals surface area contributed by atoms with Gasteiger partial charge in [0.2, 0.25) is 9.84 Å². The van der Waals surface area contributed by atoms with Gasteiger partial charge < -0.3 is 15.6 Å². The van der Waals surface area contributed by atoms with E-state index in [1.807, 2.05) is 60.7 Å². The molecule has 0 aliphatic heterocycles. The van der Waals surface area contributed by atoms with Crippen LogP contribution in [-0.2, 0) is 29.4 Å². The van der Waals surface area contributed by atoms with Gasteiger partial charge in [0.05, 0.1) is 16.6 Å². The molecule has 1 aromatic heterocycles. The number of sulfone groups is 1. The van der Waals surface area contributed by atoms with E-state index in [0.29, 0.717) is 42.3 Å². The molecule has 0 bridgehead atoms. The highest BCUT2D eigenvalue weighted by Gasteiger charge is 2.27. The molecular weight excluding hydrogens is 634 g/mol. The van der Waals surface area contributed by atoms with Gasteiger partial charge >= 0.3 is 0 Å². The molecule has 47 heavy (non-hydrogen) atoms. The molecule has 5 aromatic rings. The minimum atomic E-state index is -4.08. The summed E-state index contributed by atoms with van der Waals surface area (Å²) >= 11 is 5.93. The zero-order valence-electron chi connectivity index (χ0n) is 25.9. The number of hydrogen-bond acceptors (Lipinski definition) is 7. The van der Waals surface area contributed by atoms with Gasteiger partial charge in [-0.1, -0.05) is 90.5 Å². The van der Waals surface area contributed by atoms with Crippen LogP contribution in [0.3, 0.4) is 0 Å². The number of aliphatic hydroxyl groups excluding tert-OH is 1. The van der Waals surface area contributed by atoms with Crippen LogP contribution in [0.15, 0.2) is 125 Å². The van der Waals surface area contributed by atoms with E-state index in [2.05, 4.69) is 9.88 Å². The molecule has 0 spiro atoms. The Kier molecular flexibility index (Phi) is 11.1. The molecule has 0 saturated carbocycles. The number of aryl methyl sites for hydroxylation is 1. The first-order valence-electron chi connectivity index (χ1n) is 15.1. The zero-order chi connectivity index (χ0) is 33.4. The molecular formula is C37H36ClN3O5S. The standard InChI is InChI=1S/C37H36ClN3O5S/c1-26-20-32(37(39)43)36(46-25-29-10-6-3-7-11-29)34(21-26)47(44,45)31-15-12-27(13-16-31)18-19-41(23-28-8-4-2-5-9-28)24-33(42)30-14-17-35(38)40-22-30/h2-17,20-22,33,42H,18-19,23-25H2,1H3,(H2,39,43)/t33-/m0/s1. The molecule has 3 N–H and O–H groups in total. The fraction of sp³-hybridized carbons (Fsp3) is 0.189. The maximum atomic E-state index is 14.0. The van der Waals surface area contributed by atoms with Crippen molar-refractivity contribution >= 4 is 27.3 Å². The second kappa shape index (κ2) is 15.4. The fourth-order valence-electron chi connectivity index (χ4n) is 5.26. The number of ether oxygens (including phenoxy) is 1. The van der Waals surface area contributed by atoms with Crippen LogP contribution in [-0.4, -0.2) is 42.4 Å². The number of nitrogens with two attached hydrogens (primary N) is 1. The molecule has 0 fully saturated rings. The minimum Gasteiger partial charge on any atom is -0.487 e. The summed E-state index contributed by atoms with van der Waals surface area (Å²) in [6.45, 7) is 3.36. The van der Waals surface area contributed by atoms with E-state index in [1.54, 1.807) is 49.5 Å². The Morgan fingerprint density at radius 3 is 2.19 bits per heavy atom. The summed E-state index contributed by atoms with van der Waals surface area (Å²) in [5.74, 6) is -0.844. The molecule has 0 aliphatic rings. The number of amides is 1. The number of benzene rings is 4. The summed E-state index contributed by atoms with van der Waals surface area (Å²) in [6, 6.07) is 32.4. The second-order valence-corrected chi connectivity index (χ2v) is 13.6. The number of carbonyl (C=O) groups excluding carboxylic acids is 1. The van der Waals surface area contributed by atoms with Crippen molar-refractivity contribution in [2.45, 2.75) is 42.4 Å². The number of carbonyl (C=O) groups is 1. The normalized spacial score (nSPS) is 12.2. The number of halogens is 1. The predicted molar refractivity (Wildman–Crippen MR) is 182 cm³/mol. The van der Waals surface area contributed by atoms with E-state index in [0.717, 1.165) is 16.7 Å². The molecule has 4 aromatic carbocycles. The minimum absolute atomic E-state index is 0.00574. The molecule has 1 amide bonds. The number of pyridine rings is 1. The predicted octanol–water partition coefficient (Wildman–Crippen LogP) is 6.33. The highest BCUT2D eigenvalue weighted by Crippen LogP contribution is 2.35. The first-order chi connectivity index (χ1) is 22.6. The van der Waals surface area contributed by atoms with Crippen molar-refractivity contribution in [2.75, 3.05) is 13.1 Å². The van der Waals surface area contributed by atoms with E-state index >= 15 is 0 Å². The molecule has 0 saturated heterocycles. The van der Waals surface area contributed by atoms with Crippen molar-refractivity contribution in [2.24, 2.45) is 5.73 Å². The third-order valence-electron chi connectivity index (χ3n) is 7.75. The van der Waals surface area contributed by atoms with Crippen molar-refractivity contribution in [1.82, 2.24) is 9.88 Å². The lowest BCUT2D eigenvalue weighted by Gasteiger charge is -2.25. The first-order valence-corrected chi connectivity index (χ1v) is 17.0. The van der Waals surface area contributed by atoms with Crippen molar-refractivity contribution < 1.29 is 23.1 Å². The lowest BCUT2D eigenvalue weighted by atomic mass is 10.1. The van der Waals surface area contributed by atoms with Gasteiger partial charge in [-0.3, -0.25) is 9.69 Å². The van der Waals surface area contributed by atoms with Crippen molar-refractivity contribution in [3.05, 3.63) is 154 Å². The Hall–Kier alpha value is -4.54. The van der Waals surface area contributed by atoms with Gasteiger partial charge in [0.25, 0.3) is 5.91 Å². The third kappa shape index (κ3) is 8.84. The Bertz CT molecular complexity index is 1900. The molecule has 8 nitrogen and oxygen atoms in total. The molecule has 0 unspecified atom stereocenters. The van der Waals surface area contributed by atoms with Crippen LogP contribution >= 0.6 is 11.6 Å². The second-order valence-electron chi connectivity index (χ2n) is 11.3. The zero-order valence-corrected chi connectivity index (χ0v) is 27.5. The highest BCUT2D eigenvalue weighted by molar-refractivity contribution is 7.91. The smallest absolute Gasteiger partial charge is 0.252 e. The van der Waals surface area contributed by atoms with Crippen LogP contribution in [0.1, 0.15) is 44.3 Å². The number of aliphatic hydroxyl groups is 1. The summed E-state index contributed by atoms with van der Waals surface area (Å²) < 4.78 is 33.9. The lowest BCUT2D eigenvalue weighted by Crippen LogP contribution is -2.30. The molecule has 1 heterocycles. The van der Waals surface area contributed by atoms with Gasteiger partial charge in [0.1, 0.15) is 16.7 Å². The Morgan fingerprint density at radius 1 is 0.915 bits per heavy atom. The average Bonchev–Trinajstić information content (AvgIpc) is 3.07. The van der Waals surface area contributed by atoms with Crippen LogP contribution in [0.25, 0.3) is 0 Å². The van der Waals surface area contributed by atoms with E-state index in [4.69, 9.17) is 22.1 Å². The molecule has 0 radical (unpaired) electrons. The molecule has 242 valence electrons. The number of primary amides is 1. The van der Waals surface area contributed by atoms with Gasteiger partial charge in [-0.25, -0.2) is 13.4 Å². The van der Waals surface area contributed by atoms with Gasteiger partial charge in [-0.15, -0.1) is 0 Å². The van der Waals surface area contributed by atoms with Crippen molar-refractivity contribution in [3.8, 4) is 5.75 Å². The Balaban J connectivity index is 1.35. The SMILES string of the molecule is Cc1cc(C(N)=O)c(OCc2ccccc2)c(S(=O)(=O)c2ccc(CCN(Cc3ccccc3)C[C@H](O)c3ccc(Cl)nc3)cc2)c1. The van der Waals surface area contributed by atoms with Gasteiger partial charge in [-0.2, -0.15) is 0 Å². The van der Waals surface area contributed by atoms with Gasteiger partial charge in [0.15, 0.2) is 5.75 Å². The van der Waals surface area contributed by atoms with Crippen LogP contribution < -0.4 is 10.5 Å². The number of rotatable bonds is 14. The molecule has 1 atom stereocenters. The van der Waals surface area contributed by atoms with Crippen LogP contribution in [0.2, 0.25) is 5.15 Å². The topological polar surface area (TPSA) is 123 Å². The van der Waals surface area contributed by atoms with Gasteiger partial charge in [-0.05, 0) is 65.9 Å². The number of hydrogen-bond donors (Lipinski definition) is 2. The summed E-state index contributed by atoms with van der Waals surface area (Å²) in [7, 11) is -4.08. The van der Waals surface area contributed by atoms with E-state index in [9.17, 15) is 18.3 Å². The van der Waals surface area contributed by atoms with Crippen molar-refractivity contribution in [3.63, 3.8) is 0 Å². The maximum Gasteiger partial charge on any atom is 0.252 e. The molecule has 5 rings (SSSR count). The summed E-state index contributed by atoms with van der Waals surface area (Å²) in [4.78, 5) is 18.6. The monoisotopic (exact) mass is 669 g/mol. The maximum absolute atomic E-state index is 14.0. The lowest BCUT2D eigenvalue weighted by molar-refractivity contribution is 0.0995. The summed E-state index contributed by atoms with van der Waals surface area (Å²) in [5, 5.41) is 11.3. The number of nitrogens with zero attached hydrogens (tertiary/aromatic N) is 2. The first kappa shape index (κ1) is 33.8. The number of aromatic nitrogens is 1. The third-order valence-corrected chi connectivity index (χ3v) is 9.74. The van der Waals surface area contributed by atoms with Crippen LogP contribution in [0, 0.1) is 6.92 Å². The van der Waals surface area contributed by atoms with Gasteiger partial charge in [0, 0.05) is 31.4 Å². The Morgan fingerprint density at radius 2 is 1.57 bits per heavy atom. The molecule has 10 heteroatoms. The van der Waals surface area contributed by atoms with E-state index < -0.39 is 21.8 Å². The average molecular weight is 670 g/mol. The van der Waals surface area contributed by atoms with Crippen LogP contribution in [0.4, 0.5) is 0 Å². The van der Waals surface area contributed by atoms with Crippen LogP contribution in [0.5, 0.6) is 5.75 Å². The van der Waals surface area contributed by atoms with E-state index in [-0.39, 0.29) is 27.7 Å². The summed E-state index contributed by atoms with van der Waals surface area (Å²) in [6.07, 6.45) is 1.42. The van der Waals surface area contributed by atoms with Crippen molar-refractivity contribution in [1.29, 1.82) is 0 Å². The quantitative estimate of drug-likeness (QED) is 0.132. The fourth-order valence-corrected chi connectivity index (χ4v) is 6.88. The highest BCUT2D eigenvalue weighted by atomic mass is 35.5. The van der Waals surface area contributed by atoms with E-state index in [1.165, 1.54) is 12.1 Å². The largest absolute Gasteiger partial charge is 0.487 e.